The maximum absolute atomic E-state index is 11.8. The second-order valence-electron chi connectivity index (χ2n) is 3.76. The van der Waals surface area contributed by atoms with Crippen molar-refractivity contribution in [3.05, 3.63) is 28.5 Å². The number of rotatable bonds is 3. The van der Waals surface area contributed by atoms with Gasteiger partial charge in [-0.2, -0.15) is 0 Å². The molecule has 0 saturated carbocycles. The number of carbonyl (C=O) groups is 1. The van der Waals surface area contributed by atoms with Crippen LogP contribution in [0.5, 0.6) is 0 Å². The highest BCUT2D eigenvalue weighted by Gasteiger charge is 2.21. The van der Waals surface area contributed by atoms with E-state index in [1.165, 1.54) is 0 Å². The molecule has 1 saturated heterocycles. The molecule has 0 radical (unpaired) electrons. The Morgan fingerprint density at radius 2 is 2.47 bits per heavy atom. The molecule has 1 N–H and O–H groups in total. The Balaban J connectivity index is 1.96. The normalized spacial score (nSPS) is 20.5. The third-order valence-corrected chi connectivity index (χ3v) is 3.06. The van der Waals surface area contributed by atoms with E-state index in [0.717, 1.165) is 29.6 Å². The Kier molecular flexibility index (Phi) is 3.49. The molecule has 4 heteroatoms. The molecule has 1 atom stereocenters. The lowest BCUT2D eigenvalue weighted by atomic mass is 10.1. The van der Waals surface area contributed by atoms with E-state index >= 15 is 0 Å². The molecule has 1 fully saturated rings. The summed E-state index contributed by atoms with van der Waals surface area (Å²) in [6, 6.07) is 3.85. The summed E-state index contributed by atoms with van der Waals surface area (Å²) in [4.78, 5) is 16.0. The van der Waals surface area contributed by atoms with Gasteiger partial charge in [0, 0.05) is 16.4 Å². The molecule has 2 rings (SSSR count). The lowest BCUT2D eigenvalue weighted by molar-refractivity contribution is -0.120. The molecule has 1 aromatic rings. The van der Waals surface area contributed by atoms with E-state index in [-0.39, 0.29) is 11.8 Å². The topological polar surface area (TPSA) is 42.0 Å². The average Bonchev–Trinajstić information content (AvgIpc) is 2.74. The summed E-state index contributed by atoms with van der Waals surface area (Å²) < 4.78 is 0.942. The minimum Gasteiger partial charge on any atom is -0.307 e. The third-order valence-electron chi connectivity index (χ3n) is 2.59. The zero-order chi connectivity index (χ0) is 10.7. The zero-order valence-corrected chi connectivity index (χ0v) is 9.96. The maximum Gasteiger partial charge on any atom is 0.155 e. The summed E-state index contributed by atoms with van der Waals surface area (Å²) in [7, 11) is 0. The molecule has 1 aliphatic heterocycles. The van der Waals surface area contributed by atoms with Gasteiger partial charge in [-0.25, -0.2) is 0 Å². The minimum absolute atomic E-state index is 0.0513. The molecule has 3 nitrogen and oxygen atoms in total. The molecular weight excluding hydrogens is 256 g/mol. The van der Waals surface area contributed by atoms with E-state index in [1.54, 1.807) is 6.20 Å². The van der Waals surface area contributed by atoms with Crippen molar-refractivity contribution >= 4 is 21.7 Å². The highest BCUT2D eigenvalue weighted by atomic mass is 79.9. The number of aromatic nitrogens is 1. The van der Waals surface area contributed by atoms with Gasteiger partial charge in [-0.15, -0.1) is 0 Å². The number of ketones is 1. The monoisotopic (exact) mass is 268 g/mol. The van der Waals surface area contributed by atoms with Crippen molar-refractivity contribution in [3.8, 4) is 0 Å². The molecule has 0 amide bonds. The van der Waals surface area contributed by atoms with Gasteiger partial charge >= 0.3 is 0 Å². The molecule has 15 heavy (non-hydrogen) atoms. The van der Waals surface area contributed by atoms with Gasteiger partial charge in [-0.1, -0.05) is 0 Å². The van der Waals surface area contributed by atoms with Gasteiger partial charge in [0.1, 0.15) is 0 Å². The number of carbonyl (C=O) groups excluding carboxylic acids is 1. The number of nitrogens with zero attached hydrogens (tertiary/aromatic N) is 1. The van der Waals surface area contributed by atoms with Crippen LogP contribution in [0, 0.1) is 0 Å². The molecule has 2 heterocycles. The first-order valence-corrected chi connectivity index (χ1v) is 5.91. The number of Topliss-reactive ketones (excluding diaryl/α,β-unsaturated/α-hetero) is 1. The molecule has 0 aliphatic carbocycles. The van der Waals surface area contributed by atoms with E-state index in [4.69, 9.17) is 0 Å². The highest BCUT2D eigenvalue weighted by Crippen LogP contribution is 2.11. The van der Waals surface area contributed by atoms with Crippen LogP contribution in [0.25, 0.3) is 0 Å². The number of pyridine rings is 1. The Bertz CT molecular complexity index is 344. The fourth-order valence-electron chi connectivity index (χ4n) is 1.77. The van der Waals surface area contributed by atoms with Crippen molar-refractivity contribution in [2.45, 2.75) is 25.3 Å². The van der Waals surface area contributed by atoms with Crippen LogP contribution >= 0.6 is 15.9 Å². The fraction of sp³-hybridized carbons (Fsp3) is 0.455. The summed E-state index contributed by atoms with van der Waals surface area (Å²) in [5.41, 5.74) is 0.844. The van der Waals surface area contributed by atoms with Crippen molar-refractivity contribution in [2.24, 2.45) is 0 Å². The Hall–Kier alpha value is -0.740. The first-order valence-electron chi connectivity index (χ1n) is 5.12. The Labute approximate surface area is 97.4 Å². The smallest absolute Gasteiger partial charge is 0.155 e. The van der Waals surface area contributed by atoms with Crippen LogP contribution in [0.1, 0.15) is 18.5 Å². The van der Waals surface area contributed by atoms with Crippen LogP contribution < -0.4 is 5.32 Å². The van der Waals surface area contributed by atoms with Gasteiger partial charge in [0.15, 0.2) is 5.78 Å². The van der Waals surface area contributed by atoms with Crippen LogP contribution in [0.15, 0.2) is 22.8 Å². The number of hydrogen-bond donors (Lipinski definition) is 1. The lowest BCUT2D eigenvalue weighted by Gasteiger charge is -2.07. The summed E-state index contributed by atoms with van der Waals surface area (Å²) in [5, 5.41) is 3.20. The van der Waals surface area contributed by atoms with E-state index in [2.05, 4.69) is 26.2 Å². The van der Waals surface area contributed by atoms with E-state index < -0.39 is 0 Å². The van der Waals surface area contributed by atoms with Gasteiger partial charge in [-0.05, 0) is 47.4 Å². The van der Waals surface area contributed by atoms with Crippen LogP contribution in [0.2, 0.25) is 0 Å². The summed E-state index contributed by atoms with van der Waals surface area (Å²) >= 11 is 3.32. The van der Waals surface area contributed by atoms with Gasteiger partial charge < -0.3 is 5.32 Å². The second kappa shape index (κ2) is 4.86. The largest absolute Gasteiger partial charge is 0.307 e. The number of hydrogen-bond acceptors (Lipinski definition) is 3. The van der Waals surface area contributed by atoms with Crippen molar-refractivity contribution in [1.29, 1.82) is 0 Å². The maximum atomic E-state index is 11.8. The fourth-order valence-corrected chi connectivity index (χ4v) is 2.01. The Morgan fingerprint density at radius 1 is 1.60 bits per heavy atom. The van der Waals surface area contributed by atoms with Gasteiger partial charge in [0.25, 0.3) is 0 Å². The van der Waals surface area contributed by atoms with Crippen molar-refractivity contribution < 1.29 is 4.79 Å². The van der Waals surface area contributed by atoms with Gasteiger partial charge in [-0.3, -0.25) is 9.78 Å². The van der Waals surface area contributed by atoms with E-state index in [1.807, 2.05) is 12.1 Å². The number of halogens is 1. The van der Waals surface area contributed by atoms with Crippen molar-refractivity contribution in [2.75, 3.05) is 6.54 Å². The predicted molar refractivity (Wildman–Crippen MR) is 61.7 cm³/mol. The lowest BCUT2D eigenvalue weighted by Crippen LogP contribution is -2.32. The van der Waals surface area contributed by atoms with E-state index in [9.17, 15) is 4.79 Å². The molecule has 0 spiro atoms. The van der Waals surface area contributed by atoms with Crippen molar-refractivity contribution in [3.63, 3.8) is 0 Å². The summed E-state index contributed by atoms with van der Waals surface area (Å²) in [6.45, 7) is 0.962. The number of nitrogens with one attached hydrogen (secondary N) is 1. The molecule has 0 aromatic carbocycles. The summed E-state index contributed by atoms with van der Waals surface area (Å²) in [5.74, 6) is 0.252. The van der Waals surface area contributed by atoms with Crippen LogP contribution in [0.3, 0.4) is 0 Å². The standard InChI is InChI=1S/C11H13BrN2O/c12-8-3-4-9(14-7-8)6-11(15)10-2-1-5-13-10/h3-4,7,10,13H,1-2,5-6H2. The molecule has 1 aromatic heterocycles. The quantitative estimate of drug-likeness (QED) is 0.908. The zero-order valence-electron chi connectivity index (χ0n) is 8.37. The predicted octanol–water partition coefficient (Wildman–Crippen LogP) is 1.71. The van der Waals surface area contributed by atoms with E-state index in [0.29, 0.717) is 6.42 Å². The molecule has 1 unspecified atom stereocenters. The van der Waals surface area contributed by atoms with Crippen LogP contribution in [-0.2, 0) is 11.2 Å². The van der Waals surface area contributed by atoms with Crippen LogP contribution in [-0.4, -0.2) is 23.4 Å². The van der Waals surface area contributed by atoms with Crippen LogP contribution in [0.4, 0.5) is 0 Å². The third kappa shape index (κ3) is 2.86. The van der Waals surface area contributed by atoms with Gasteiger partial charge in [0.05, 0.1) is 12.5 Å². The molecule has 1 aliphatic rings. The Morgan fingerprint density at radius 3 is 3.07 bits per heavy atom. The first kappa shape index (κ1) is 10.8. The van der Waals surface area contributed by atoms with Gasteiger partial charge in [0.2, 0.25) is 0 Å². The molecule has 0 bridgehead atoms. The second-order valence-corrected chi connectivity index (χ2v) is 4.68. The SMILES string of the molecule is O=C(Cc1ccc(Br)cn1)C1CCCN1. The average molecular weight is 269 g/mol. The minimum atomic E-state index is 0.0513. The molecular formula is C11H13BrN2O. The first-order chi connectivity index (χ1) is 7.25. The molecule has 80 valence electrons. The summed E-state index contributed by atoms with van der Waals surface area (Å²) in [6.07, 6.45) is 4.23. The highest BCUT2D eigenvalue weighted by molar-refractivity contribution is 9.10. The van der Waals surface area contributed by atoms with Crippen molar-refractivity contribution in [1.82, 2.24) is 10.3 Å².